The van der Waals surface area contributed by atoms with E-state index in [2.05, 4.69) is 0 Å². The van der Waals surface area contributed by atoms with Crippen LogP contribution in [0.25, 0.3) is 0 Å². The SMILES string of the molecule is CC(N)COCC(COCC(C)OCC(C)N)OCC(C)N. The van der Waals surface area contributed by atoms with Crippen molar-refractivity contribution < 1.29 is 18.9 Å². The molecule has 0 rings (SSSR count). The number of ether oxygens (including phenoxy) is 4. The molecule has 0 fully saturated rings. The maximum Gasteiger partial charge on any atom is 0.104 e. The van der Waals surface area contributed by atoms with Gasteiger partial charge in [0.1, 0.15) is 6.10 Å². The van der Waals surface area contributed by atoms with Crippen molar-refractivity contribution in [1.29, 1.82) is 0 Å². The van der Waals surface area contributed by atoms with Crippen LogP contribution in [0.4, 0.5) is 0 Å². The summed E-state index contributed by atoms with van der Waals surface area (Å²) in [6.07, 6.45) is -0.171. The second kappa shape index (κ2) is 13.2. The molecule has 5 unspecified atom stereocenters. The molecule has 0 heterocycles. The van der Waals surface area contributed by atoms with Crippen LogP contribution in [0.3, 0.4) is 0 Å². The molecule has 0 spiro atoms. The van der Waals surface area contributed by atoms with Gasteiger partial charge in [0.2, 0.25) is 0 Å². The zero-order chi connectivity index (χ0) is 17.0. The van der Waals surface area contributed by atoms with E-state index in [1.807, 2.05) is 27.7 Å². The van der Waals surface area contributed by atoms with E-state index in [0.717, 1.165) is 0 Å². The van der Waals surface area contributed by atoms with Crippen molar-refractivity contribution in [3.8, 4) is 0 Å². The zero-order valence-electron chi connectivity index (χ0n) is 14.5. The third-order valence-electron chi connectivity index (χ3n) is 2.58. The summed E-state index contributed by atoms with van der Waals surface area (Å²) in [5.74, 6) is 0. The summed E-state index contributed by atoms with van der Waals surface area (Å²) in [6.45, 7) is 10.5. The molecule has 134 valence electrons. The first-order valence-corrected chi connectivity index (χ1v) is 7.96. The highest BCUT2D eigenvalue weighted by Crippen LogP contribution is 2.00. The Hall–Kier alpha value is -0.280. The molecule has 22 heavy (non-hydrogen) atoms. The highest BCUT2D eigenvalue weighted by atomic mass is 16.6. The Balaban J connectivity index is 3.94. The van der Waals surface area contributed by atoms with Gasteiger partial charge in [-0.3, -0.25) is 0 Å². The summed E-state index contributed by atoms with van der Waals surface area (Å²) >= 11 is 0. The molecule has 0 aromatic carbocycles. The molecule has 0 saturated heterocycles. The minimum absolute atomic E-state index is 0.00155. The van der Waals surface area contributed by atoms with Gasteiger partial charge in [0.25, 0.3) is 0 Å². The van der Waals surface area contributed by atoms with Gasteiger partial charge in [-0.05, 0) is 27.7 Å². The van der Waals surface area contributed by atoms with E-state index < -0.39 is 0 Å². The van der Waals surface area contributed by atoms with Crippen LogP contribution in [0.1, 0.15) is 27.7 Å². The second-order valence-electron chi connectivity index (χ2n) is 6.11. The van der Waals surface area contributed by atoms with Crippen LogP contribution in [0.15, 0.2) is 0 Å². The van der Waals surface area contributed by atoms with Gasteiger partial charge in [-0.2, -0.15) is 0 Å². The summed E-state index contributed by atoms with van der Waals surface area (Å²) in [7, 11) is 0. The Morgan fingerprint density at radius 1 is 0.591 bits per heavy atom. The number of hydrogen-bond donors (Lipinski definition) is 3. The highest BCUT2D eigenvalue weighted by molar-refractivity contribution is 4.61. The molecule has 5 atom stereocenters. The largest absolute Gasteiger partial charge is 0.377 e. The second-order valence-corrected chi connectivity index (χ2v) is 6.11. The Morgan fingerprint density at radius 3 is 1.55 bits per heavy atom. The van der Waals surface area contributed by atoms with E-state index >= 15 is 0 Å². The lowest BCUT2D eigenvalue weighted by Gasteiger charge is -2.21. The Labute approximate surface area is 134 Å². The van der Waals surface area contributed by atoms with Crippen molar-refractivity contribution in [3.63, 3.8) is 0 Å². The van der Waals surface area contributed by atoms with Crippen LogP contribution in [-0.2, 0) is 18.9 Å². The predicted octanol–water partition coefficient (Wildman–Crippen LogP) is -0.148. The summed E-state index contributed by atoms with van der Waals surface area (Å²) in [4.78, 5) is 0. The molecule has 7 nitrogen and oxygen atoms in total. The first kappa shape index (κ1) is 21.7. The topological polar surface area (TPSA) is 115 Å². The molecule has 0 aliphatic carbocycles. The molecule has 0 aliphatic heterocycles. The monoisotopic (exact) mass is 321 g/mol. The molecule has 7 heteroatoms. The quantitative estimate of drug-likeness (QED) is 0.407. The van der Waals surface area contributed by atoms with Gasteiger partial charge >= 0.3 is 0 Å². The first-order valence-electron chi connectivity index (χ1n) is 7.96. The first-order chi connectivity index (χ1) is 10.3. The Bertz CT molecular complexity index is 253. The third kappa shape index (κ3) is 14.6. The van der Waals surface area contributed by atoms with Crippen LogP contribution in [-0.4, -0.2) is 70.0 Å². The molecule has 0 bridgehead atoms. The van der Waals surface area contributed by atoms with E-state index in [0.29, 0.717) is 39.6 Å². The fourth-order valence-electron chi connectivity index (χ4n) is 1.55. The summed E-state index contributed by atoms with van der Waals surface area (Å²) in [5.41, 5.74) is 17.0. The summed E-state index contributed by atoms with van der Waals surface area (Å²) in [5, 5.41) is 0. The van der Waals surface area contributed by atoms with Gasteiger partial charge in [0.05, 0.1) is 45.7 Å². The van der Waals surface area contributed by atoms with Crippen molar-refractivity contribution in [2.75, 3.05) is 39.6 Å². The third-order valence-corrected chi connectivity index (χ3v) is 2.58. The molecular formula is C15H35N3O4. The number of nitrogens with two attached hydrogens (primary N) is 3. The highest BCUT2D eigenvalue weighted by Gasteiger charge is 2.13. The van der Waals surface area contributed by atoms with Crippen molar-refractivity contribution >= 4 is 0 Å². The van der Waals surface area contributed by atoms with E-state index in [1.165, 1.54) is 0 Å². The van der Waals surface area contributed by atoms with Crippen molar-refractivity contribution in [2.45, 2.75) is 58.0 Å². The van der Waals surface area contributed by atoms with E-state index in [9.17, 15) is 0 Å². The Morgan fingerprint density at radius 2 is 1.05 bits per heavy atom. The molecule has 0 aliphatic rings. The minimum atomic E-state index is -0.162. The van der Waals surface area contributed by atoms with Crippen LogP contribution in [0, 0.1) is 0 Å². The molecular weight excluding hydrogens is 286 g/mol. The molecule has 0 aromatic rings. The average molecular weight is 321 g/mol. The zero-order valence-corrected chi connectivity index (χ0v) is 14.5. The fourth-order valence-corrected chi connectivity index (χ4v) is 1.55. The van der Waals surface area contributed by atoms with E-state index in [-0.39, 0.29) is 30.3 Å². The standard InChI is InChI=1S/C15H35N3O4/c1-11(16)5-19-9-15(22-7-13(3)18)10-20-8-14(4)21-6-12(2)17/h11-15H,5-10,16-18H2,1-4H3. The lowest BCUT2D eigenvalue weighted by molar-refractivity contribution is -0.0811. The molecule has 0 radical (unpaired) electrons. The Kier molecular flexibility index (Phi) is 13.0. The van der Waals surface area contributed by atoms with Crippen molar-refractivity contribution in [3.05, 3.63) is 0 Å². The van der Waals surface area contributed by atoms with E-state index in [4.69, 9.17) is 36.1 Å². The summed E-state index contributed by atoms with van der Waals surface area (Å²) < 4.78 is 22.4. The fraction of sp³-hybridized carbons (Fsp3) is 1.00. The smallest absolute Gasteiger partial charge is 0.104 e. The minimum Gasteiger partial charge on any atom is -0.377 e. The summed E-state index contributed by atoms with van der Waals surface area (Å²) in [6, 6.07) is 0.00197. The molecule has 6 N–H and O–H groups in total. The lowest BCUT2D eigenvalue weighted by atomic mass is 10.3. The van der Waals surface area contributed by atoms with Crippen LogP contribution >= 0.6 is 0 Å². The van der Waals surface area contributed by atoms with Gasteiger partial charge in [0, 0.05) is 18.1 Å². The molecule has 0 saturated carbocycles. The molecule has 0 aromatic heterocycles. The normalized spacial score (nSPS) is 18.7. The van der Waals surface area contributed by atoms with Crippen molar-refractivity contribution in [1.82, 2.24) is 0 Å². The van der Waals surface area contributed by atoms with Gasteiger partial charge in [-0.15, -0.1) is 0 Å². The van der Waals surface area contributed by atoms with Gasteiger partial charge in [-0.25, -0.2) is 0 Å². The number of hydrogen-bond acceptors (Lipinski definition) is 7. The van der Waals surface area contributed by atoms with E-state index in [1.54, 1.807) is 0 Å². The van der Waals surface area contributed by atoms with Crippen molar-refractivity contribution in [2.24, 2.45) is 17.2 Å². The predicted molar refractivity (Wildman–Crippen MR) is 87.7 cm³/mol. The van der Waals surface area contributed by atoms with Gasteiger partial charge in [-0.1, -0.05) is 0 Å². The maximum atomic E-state index is 5.70. The molecule has 0 amide bonds. The lowest BCUT2D eigenvalue weighted by Crippen LogP contribution is -2.34. The van der Waals surface area contributed by atoms with Gasteiger partial charge < -0.3 is 36.1 Å². The van der Waals surface area contributed by atoms with Gasteiger partial charge in [0.15, 0.2) is 0 Å². The van der Waals surface area contributed by atoms with Crippen LogP contribution < -0.4 is 17.2 Å². The number of rotatable bonds is 14. The average Bonchev–Trinajstić information content (AvgIpc) is 2.41. The van der Waals surface area contributed by atoms with Crippen LogP contribution in [0.5, 0.6) is 0 Å². The van der Waals surface area contributed by atoms with Crippen LogP contribution in [0.2, 0.25) is 0 Å². The maximum absolute atomic E-state index is 5.70.